The number of thiocarbonyl (C=S) groups is 1. The molecule has 0 bridgehead atoms. The Morgan fingerprint density at radius 1 is 1.58 bits per heavy atom. The van der Waals surface area contributed by atoms with Gasteiger partial charge >= 0.3 is 0 Å². The lowest BCUT2D eigenvalue weighted by atomic mass is 10.0. The van der Waals surface area contributed by atoms with Crippen LogP contribution in [0.2, 0.25) is 0 Å². The first-order valence-corrected chi connectivity index (χ1v) is 5.20. The number of nitrogens with zero attached hydrogens (tertiary/aromatic N) is 1. The van der Waals surface area contributed by atoms with Gasteiger partial charge in [-0.25, -0.2) is 0 Å². The van der Waals surface area contributed by atoms with Gasteiger partial charge in [0.25, 0.3) is 0 Å². The van der Waals surface area contributed by atoms with Crippen molar-refractivity contribution in [2.75, 3.05) is 13.1 Å². The van der Waals surface area contributed by atoms with E-state index in [9.17, 15) is 0 Å². The van der Waals surface area contributed by atoms with Crippen LogP contribution in [0.3, 0.4) is 0 Å². The standard InChI is InChI=1S/C9H18N2S/c1-2-6-11-7-4-3-5-8(11)9(10)12/h8H,2-7H2,1H3,(H2,10,12). The molecule has 1 unspecified atom stereocenters. The molecule has 0 saturated carbocycles. The van der Waals surface area contributed by atoms with Gasteiger partial charge < -0.3 is 5.73 Å². The third-order valence-electron chi connectivity index (χ3n) is 2.45. The van der Waals surface area contributed by atoms with Crippen molar-refractivity contribution in [1.82, 2.24) is 4.90 Å². The Morgan fingerprint density at radius 3 is 2.92 bits per heavy atom. The Bertz CT molecular complexity index is 157. The van der Waals surface area contributed by atoms with Gasteiger partial charge in [0.2, 0.25) is 0 Å². The molecule has 1 aliphatic rings. The van der Waals surface area contributed by atoms with Crippen LogP contribution in [-0.4, -0.2) is 29.0 Å². The monoisotopic (exact) mass is 186 g/mol. The van der Waals surface area contributed by atoms with E-state index in [0.717, 1.165) is 13.0 Å². The Morgan fingerprint density at radius 2 is 2.33 bits per heavy atom. The van der Waals surface area contributed by atoms with Crippen molar-refractivity contribution in [3.05, 3.63) is 0 Å². The van der Waals surface area contributed by atoms with Crippen LogP contribution < -0.4 is 5.73 Å². The van der Waals surface area contributed by atoms with Crippen molar-refractivity contribution in [1.29, 1.82) is 0 Å². The van der Waals surface area contributed by atoms with Gasteiger partial charge in [0.15, 0.2) is 0 Å². The zero-order valence-electron chi connectivity index (χ0n) is 7.75. The second-order valence-electron chi connectivity index (χ2n) is 3.45. The summed E-state index contributed by atoms with van der Waals surface area (Å²) >= 11 is 5.04. The molecule has 70 valence electrons. The molecule has 0 amide bonds. The van der Waals surface area contributed by atoms with Gasteiger partial charge in [-0.1, -0.05) is 25.6 Å². The average Bonchev–Trinajstić information content (AvgIpc) is 2.05. The molecule has 1 atom stereocenters. The second-order valence-corrected chi connectivity index (χ2v) is 3.92. The highest BCUT2D eigenvalue weighted by atomic mass is 32.1. The summed E-state index contributed by atoms with van der Waals surface area (Å²) < 4.78 is 0. The maximum atomic E-state index is 5.68. The van der Waals surface area contributed by atoms with E-state index in [0.29, 0.717) is 11.0 Å². The zero-order valence-corrected chi connectivity index (χ0v) is 8.57. The molecule has 0 aromatic rings. The second kappa shape index (κ2) is 4.77. The summed E-state index contributed by atoms with van der Waals surface area (Å²) in [4.78, 5) is 3.11. The van der Waals surface area contributed by atoms with Crippen LogP contribution in [0.15, 0.2) is 0 Å². The summed E-state index contributed by atoms with van der Waals surface area (Å²) in [5.41, 5.74) is 5.68. The largest absolute Gasteiger partial charge is 0.392 e. The Labute approximate surface area is 80.1 Å². The molecule has 0 spiro atoms. The van der Waals surface area contributed by atoms with Crippen molar-refractivity contribution in [2.45, 2.75) is 38.6 Å². The number of hydrogen-bond acceptors (Lipinski definition) is 2. The molecule has 0 aromatic carbocycles. The number of likely N-dealkylation sites (tertiary alicyclic amines) is 1. The summed E-state index contributed by atoms with van der Waals surface area (Å²) in [7, 11) is 0. The molecule has 12 heavy (non-hydrogen) atoms. The quantitative estimate of drug-likeness (QED) is 0.678. The van der Waals surface area contributed by atoms with E-state index >= 15 is 0 Å². The fraction of sp³-hybridized carbons (Fsp3) is 0.889. The van der Waals surface area contributed by atoms with Crippen molar-refractivity contribution in [2.24, 2.45) is 5.73 Å². The van der Waals surface area contributed by atoms with Gasteiger partial charge in [-0.05, 0) is 32.4 Å². The van der Waals surface area contributed by atoms with E-state index in [1.165, 1.54) is 25.8 Å². The molecular weight excluding hydrogens is 168 g/mol. The smallest absolute Gasteiger partial charge is 0.0902 e. The molecule has 1 saturated heterocycles. The average molecular weight is 186 g/mol. The van der Waals surface area contributed by atoms with E-state index in [4.69, 9.17) is 18.0 Å². The van der Waals surface area contributed by atoms with Crippen molar-refractivity contribution in [3.63, 3.8) is 0 Å². The Hall–Kier alpha value is -0.150. The number of piperidine rings is 1. The first-order valence-electron chi connectivity index (χ1n) is 4.79. The van der Waals surface area contributed by atoms with E-state index in [1.54, 1.807) is 0 Å². The molecule has 0 radical (unpaired) electrons. The molecule has 1 aliphatic heterocycles. The lowest BCUT2D eigenvalue weighted by Crippen LogP contribution is -2.47. The predicted octanol–water partition coefficient (Wildman–Crippen LogP) is 1.54. The lowest BCUT2D eigenvalue weighted by Gasteiger charge is -2.34. The van der Waals surface area contributed by atoms with Crippen LogP contribution in [0.4, 0.5) is 0 Å². The van der Waals surface area contributed by atoms with Gasteiger partial charge in [-0.2, -0.15) is 0 Å². The third kappa shape index (κ3) is 2.42. The van der Waals surface area contributed by atoms with Crippen LogP contribution in [-0.2, 0) is 0 Å². The van der Waals surface area contributed by atoms with Crippen LogP contribution in [0.5, 0.6) is 0 Å². The number of hydrogen-bond donors (Lipinski definition) is 1. The molecule has 1 fully saturated rings. The highest BCUT2D eigenvalue weighted by Crippen LogP contribution is 2.17. The SMILES string of the molecule is CCCN1CCCCC1C(N)=S. The van der Waals surface area contributed by atoms with Crippen molar-refractivity contribution < 1.29 is 0 Å². The molecule has 1 rings (SSSR count). The molecule has 2 N–H and O–H groups in total. The highest BCUT2D eigenvalue weighted by Gasteiger charge is 2.23. The van der Waals surface area contributed by atoms with Crippen molar-refractivity contribution >= 4 is 17.2 Å². The summed E-state index contributed by atoms with van der Waals surface area (Å²) in [6, 6.07) is 0.383. The summed E-state index contributed by atoms with van der Waals surface area (Å²) in [5.74, 6) is 0. The van der Waals surface area contributed by atoms with Crippen LogP contribution >= 0.6 is 12.2 Å². The number of rotatable bonds is 3. The molecule has 1 heterocycles. The highest BCUT2D eigenvalue weighted by molar-refractivity contribution is 7.80. The summed E-state index contributed by atoms with van der Waals surface area (Å²) in [6.07, 6.45) is 4.94. The van der Waals surface area contributed by atoms with Crippen LogP contribution in [0.1, 0.15) is 32.6 Å². The number of nitrogens with two attached hydrogens (primary N) is 1. The fourth-order valence-electron chi connectivity index (χ4n) is 1.87. The Kier molecular flexibility index (Phi) is 3.95. The molecule has 0 aromatic heterocycles. The minimum Gasteiger partial charge on any atom is -0.392 e. The van der Waals surface area contributed by atoms with Gasteiger partial charge in [-0.15, -0.1) is 0 Å². The lowest BCUT2D eigenvalue weighted by molar-refractivity contribution is 0.193. The molecule has 3 heteroatoms. The normalized spacial score (nSPS) is 25.6. The van der Waals surface area contributed by atoms with Gasteiger partial charge in [0.1, 0.15) is 0 Å². The van der Waals surface area contributed by atoms with E-state index < -0.39 is 0 Å². The molecular formula is C9H18N2S. The van der Waals surface area contributed by atoms with Gasteiger partial charge in [0.05, 0.1) is 11.0 Å². The van der Waals surface area contributed by atoms with E-state index in [1.807, 2.05) is 0 Å². The van der Waals surface area contributed by atoms with Crippen LogP contribution in [0, 0.1) is 0 Å². The Balaban J connectivity index is 2.48. The van der Waals surface area contributed by atoms with Crippen LogP contribution in [0.25, 0.3) is 0 Å². The van der Waals surface area contributed by atoms with Crippen molar-refractivity contribution in [3.8, 4) is 0 Å². The minimum atomic E-state index is 0.383. The summed E-state index contributed by atoms with van der Waals surface area (Å²) in [6.45, 7) is 4.52. The maximum absolute atomic E-state index is 5.68. The predicted molar refractivity (Wildman–Crippen MR) is 56.3 cm³/mol. The third-order valence-corrected chi connectivity index (χ3v) is 2.72. The first-order chi connectivity index (χ1) is 5.75. The van der Waals surface area contributed by atoms with E-state index in [-0.39, 0.29) is 0 Å². The van der Waals surface area contributed by atoms with Gasteiger partial charge in [0, 0.05) is 0 Å². The first kappa shape index (κ1) is 9.93. The fourth-order valence-corrected chi connectivity index (χ4v) is 2.13. The zero-order chi connectivity index (χ0) is 8.97. The van der Waals surface area contributed by atoms with Gasteiger partial charge in [-0.3, -0.25) is 4.90 Å². The molecule has 0 aliphatic carbocycles. The minimum absolute atomic E-state index is 0.383. The molecule has 2 nitrogen and oxygen atoms in total. The summed E-state index contributed by atoms with van der Waals surface area (Å²) in [5, 5.41) is 0. The topological polar surface area (TPSA) is 29.3 Å². The maximum Gasteiger partial charge on any atom is 0.0902 e. The van der Waals surface area contributed by atoms with E-state index in [2.05, 4.69) is 11.8 Å².